The van der Waals surface area contributed by atoms with E-state index < -0.39 is 24.3 Å². The lowest BCUT2D eigenvalue weighted by molar-refractivity contribution is -0.120. The molecule has 0 saturated carbocycles. The Morgan fingerprint density at radius 2 is 1.13 bits per heavy atom. The number of aromatic nitrogens is 1. The number of anilines is 2. The SMILES string of the molecule is Cn1c(-c2ccc(NC(=O)[C@@H]3CCCN3C(=O)OCc3ccccc3)cc2)cc2cc(NC(=O)[C@@H]3CCCN3C(=O)OCc3ccccc3)ccc21. The van der Waals surface area contributed by atoms with Gasteiger partial charge in [-0.3, -0.25) is 19.4 Å². The number of hydrogen-bond donors (Lipinski definition) is 2. The van der Waals surface area contributed by atoms with E-state index in [4.69, 9.17) is 9.47 Å². The van der Waals surface area contributed by atoms with Crippen molar-refractivity contribution in [3.05, 3.63) is 120 Å². The Morgan fingerprint density at radius 1 is 0.635 bits per heavy atom. The second kappa shape index (κ2) is 15.4. The number of hydrogen-bond acceptors (Lipinski definition) is 6. The molecule has 52 heavy (non-hydrogen) atoms. The van der Waals surface area contributed by atoms with Gasteiger partial charge in [-0.1, -0.05) is 72.8 Å². The fraction of sp³-hybridized carbons (Fsp3) is 0.268. The Bertz CT molecular complexity index is 2060. The van der Waals surface area contributed by atoms with Gasteiger partial charge in [-0.15, -0.1) is 0 Å². The van der Waals surface area contributed by atoms with Gasteiger partial charge in [-0.2, -0.15) is 0 Å². The molecule has 2 aliphatic rings. The standard InChI is InChI=1S/C41H41N5O6/c1-44-34-21-20-33(43-39(48)36-15-9-23-46(36)41(50)52-27-29-12-6-3-7-13-29)24-31(34)25-37(44)30-16-18-32(19-17-30)42-38(47)35-14-8-22-45(35)40(49)51-26-28-10-4-2-5-11-28/h2-7,10-13,16-21,24-25,35-36H,8-9,14-15,22-23,26-27H2,1H3,(H,42,47)(H,43,48)/t35-,36-/m0/s1. The third kappa shape index (κ3) is 7.63. The van der Waals surface area contributed by atoms with Gasteiger partial charge in [0, 0.05) is 48.1 Å². The van der Waals surface area contributed by atoms with E-state index in [0.29, 0.717) is 37.3 Å². The summed E-state index contributed by atoms with van der Waals surface area (Å²) >= 11 is 0. The Morgan fingerprint density at radius 3 is 1.67 bits per heavy atom. The Hall–Kier alpha value is -6.10. The third-order valence-electron chi connectivity index (χ3n) is 9.75. The molecule has 7 rings (SSSR count). The molecule has 1 aromatic heterocycles. The highest BCUT2D eigenvalue weighted by atomic mass is 16.6. The van der Waals surface area contributed by atoms with Crippen LogP contribution in [0.15, 0.2) is 109 Å². The molecule has 0 radical (unpaired) electrons. The molecular weight excluding hydrogens is 658 g/mol. The highest BCUT2D eigenvalue weighted by Gasteiger charge is 2.36. The zero-order valence-electron chi connectivity index (χ0n) is 29.0. The number of fused-ring (bicyclic) bond motifs is 1. The van der Waals surface area contributed by atoms with Crippen LogP contribution < -0.4 is 10.6 Å². The molecule has 4 amide bonds. The molecule has 2 saturated heterocycles. The van der Waals surface area contributed by atoms with E-state index in [1.165, 1.54) is 9.80 Å². The summed E-state index contributed by atoms with van der Waals surface area (Å²) in [5, 5.41) is 6.92. The minimum Gasteiger partial charge on any atom is -0.445 e. The van der Waals surface area contributed by atoms with Crippen molar-refractivity contribution in [3.8, 4) is 11.3 Å². The van der Waals surface area contributed by atoms with Gasteiger partial charge in [-0.25, -0.2) is 9.59 Å². The molecule has 11 heteroatoms. The van der Waals surface area contributed by atoms with Gasteiger partial charge in [0.25, 0.3) is 0 Å². The van der Waals surface area contributed by atoms with Crippen LogP contribution in [0.4, 0.5) is 21.0 Å². The fourth-order valence-electron chi connectivity index (χ4n) is 7.00. The van der Waals surface area contributed by atoms with E-state index in [1.807, 2.05) is 110 Å². The van der Waals surface area contributed by atoms with Crippen LogP contribution >= 0.6 is 0 Å². The molecule has 2 atom stereocenters. The predicted molar refractivity (Wildman–Crippen MR) is 198 cm³/mol. The van der Waals surface area contributed by atoms with Crippen LogP contribution in [-0.4, -0.2) is 63.5 Å². The molecule has 0 bridgehead atoms. The van der Waals surface area contributed by atoms with E-state index in [2.05, 4.69) is 21.3 Å². The summed E-state index contributed by atoms with van der Waals surface area (Å²) in [4.78, 5) is 55.2. The number of amides is 4. The zero-order chi connectivity index (χ0) is 36.0. The van der Waals surface area contributed by atoms with Crippen molar-refractivity contribution in [2.75, 3.05) is 23.7 Å². The molecule has 5 aromatic rings. The van der Waals surface area contributed by atoms with Crippen molar-refractivity contribution in [2.45, 2.75) is 51.0 Å². The molecule has 0 aliphatic carbocycles. The molecule has 2 N–H and O–H groups in total. The number of carbonyl (C=O) groups excluding carboxylic acids is 4. The molecule has 2 fully saturated rings. The van der Waals surface area contributed by atoms with E-state index in [-0.39, 0.29) is 25.0 Å². The number of aryl methyl sites for hydroxylation is 1. The molecule has 11 nitrogen and oxygen atoms in total. The maximum absolute atomic E-state index is 13.3. The van der Waals surface area contributed by atoms with Crippen LogP contribution in [0.25, 0.3) is 22.2 Å². The van der Waals surface area contributed by atoms with E-state index >= 15 is 0 Å². The van der Waals surface area contributed by atoms with Crippen LogP contribution in [0.2, 0.25) is 0 Å². The van der Waals surface area contributed by atoms with Gasteiger partial charge in [0.05, 0.1) is 0 Å². The molecule has 266 valence electrons. The van der Waals surface area contributed by atoms with E-state index in [9.17, 15) is 19.2 Å². The molecule has 0 unspecified atom stereocenters. The van der Waals surface area contributed by atoms with Crippen LogP contribution in [0.3, 0.4) is 0 Å². The van der Waals surface area contributed by atoms with E-state index in [1.54, 1.807) is 0 Å². The minimum absolute atomic E-state index is 0.155. The van der Waals surface area contributed by atoms with Gasteiger partial charge in [0.1, 0.15) is 25.3 Å². The van der Waals surface area contributed by atoms with Crippen molar-refractivity contribution < 1.29 is 28.7 Å². The lowest BCUT2D eigenvalue weighted by atomic mass is 10.1. The van der Waals surface area contributed by atoms with Gasteiger partial charge >= 0.3 is 12.2 Å². The third-order valence-corrected chi connectivity index (χ3v) is 9.75. The van der Waals surface area contributed by atoms with Crippen LogP contribution in [0.1, 0.15) is 36.8 Å². The maximum atomic E-state index is 13.3. The summed E-state index contributed by atoms with van der Waals surface area (Å²) in [5.74, 6) is -0.488. The lowest BCUT2D eigenvalue weighted by Gasteiger charge is -2.23. The average Bonchev–Trinajstić information content (AvgIpc) is 3.94. The average molecular weight is 700 g/mol. The number of nitrogens with one attached hydrogen (secondary N) is 2. The normalized spacial score (nSPS) is 16.9. The largest absolute Gasteiger partial charge is 0.445 e. The van der Waals surface area contributed by atoms with Crippen molar-refractivity contribution in [1.29, 1.82) is 0 Å². The minimum atomic E-state index is -0.602. The monoisotopic (exact) mass is 699 g/mol. The van der Waals surface area contributed by atoms with Crippen molar-refractivity contribution >= 4 is 46.3 Å². The molecule has 3 heterocycles. The van der Waals surface area contributed by atoms with E-state index in [0.717, 1.165) is 46.1 Å². The predicted octanol–water partition coefficient (Wildman–Crippen LogP) is 7.32. The lowest BCUT2D eigenvalue weighted by Crippen LogP contribution is -2.43. The van der Waals surface area contributed by atoms with Gasteiger partial charge in [0.15, 0.2) is 0 Å². The number of rotatable bonds is 9. The van der Waals surface area contributed by atoms with Crippen molar-refractivity contribution in [1.82, 2.24) is 14.4 Å². The second-order valence-electron chi connectivity index (χ2n) is 13.2. The summed E-state index contributed by atoms with van der Waals surface area (Å²) in [6.07, 6.45) is 1.62. The highest BCUT2D eigenvalue weighted by molar-refractivity contribution is 6.00. The topological polar surface area (TPSA) is 122 Å². The first kappa shape index (κ1) is 34.4. The fourth-order valence-corrected chi connectivity index (χ4v) is 7.00. The zero-order valence-corrected chi connectivity index (χ0v) is 29.0. The maximum Gasteiger partial charge on any atom is 0.410 e. The Labute approximate surface area is 302 Å². The smallest absolute Gasteiger partial charge is 0.410 e. The van der Waals surface area contributed by atoms with Crippen LogP contribution in [0, 0.1) is 0 Å². The first-order valence-corrected chi connectivity index (χ1v) is 17.6. The summed E-state index contributed by atoms with van der Waals surface area (Å²) in [6, 6.07) is 33.1. The molecule has 2 aliphatic heterocycles. The van der Waals surface area contributed by atoms with Gasteiger partial charge in [-0.05, 0) is 78.8 Å². The summed E-state index contributed by atoms with van der Waals surface area (Å²) in [6.45, 7) is 1.25. The van der Waals surface area contributed by atoms with Crippen LogP contribution in [-0.2, 0) is 39.3 Å². The number of ether oxygens (including phenoxy) is 2. The van der Waals surface area contributed by atoms with Gasteiger partial charge < -0.3 is 24.7 Å². The summed E-state index contributed by atoms with van der Waals surface area (Å²) in [7, 11) is 1.98. The number of nitrogens with zero attached hydrogens (tertiary/aromatic N) is 3. The van der Waals surface area contributed by atoms with Gasteiger partial charge in [0.2, 0.25) is 11.8 Å². The molecule has 0 spiro atoms. The Kier molecular flexibility index (Phi) is 10.2. The summed E-state index contributed by atoms with van der Waals surface area (Å²) in [5.41, 5.74) is 5.95. The second-order valence-corrected chi connectivity index (χ2v) is 13.2. The molecule has 4 aromatic carbocycles. The first-order chi connectivity index (χ1) is 25.3. The first-order valence-electron chi connectivity index (χ1n) is 17.6. The molecular formula is C41H41N5O6. The van der Waals surface area contributed by atoms with Crippen molar-refractivity contribution in [3.63, 3.8) is 0 Å². The quantitative estimate of drug-likeness (QED) is 0.166. The van der Waals surface area contributed by atoms with Crippen molar-refractivity contribution in [2.24, 2.45) is 7.05 Å². The van der Waals surface area contributed by atoms with Crippen LogP contribution in [0.5, 0.6) is 0 Å². The summed E-state index contributed by atoms with van der Waals surface area (Å²) < 4.78 is 13.1. The Balaban J connectivity index is 0.961. The highest BCUT2D eigenvalue weighted by Crippen LogP contribution is 2.31. The number of carbonyl (C=O) groups is 4. The number of benzene rings is 4. The number of likely N-dealkylation sites (tertiary alicyclic amines) is 2.